The molecule has 1 aliphatic rings. The standard InChI is InChI=1S/C11H12N2O3/c1-6-2-3-12-5-8(6)7-4-9(14)13-10(7)11(15)16/h2-3,5,7,10H,4H2,1H3,(H,13,14)(H,15,16). The van der Waals surface area contributed by atoms with Gasteiger partial charge in [0.05, 0.1) is 0 Å². The summed E-state index contributed by atoms with van der Waals surface area (Å²) in [6.45, 7) is 1.89. The molecule has 0 saturated carbocycles. The predicted octanol–water partition coefficient (Wildman–Crippen LogP) is 0.447. The Morgan fingerprint density at radius 2 is 2.38 bits per heavy atom. The van der Waals surface area contributed by atoms with E-state index in [1.165, 1.54) is 0 Å². The van der Waals surface area contributed by atoms with Crippen LogP contribution >= 0.6 is 0 Å². The Balaban J connectivity index is 2.36. The lowest BCUT2D eigenvalue weighted by Gasteiger charge is -2.16. The van der Waals surface area contributed by atoms with Crippen molar-refractivity contribution in [3.63, 3.8) is 0 Å². The normalized spacial score (nSPS) is 24.2. The van der Waals surface area contributed by atoms with Crippen molar-refractivity contribution in [2.75, 3.05) is 0 Å². The molecular weight excluding hydrogens is 208 g/mol. The van der Waals surface area contributed by atoms with Crippen molar-refractivity contribution in [3.05, 3.63) is 29.6 Å². The average Bonchev–Trinajstić information content (AvgIpc) is 2.61. The number of carbonyl (C=O) groups excluding carboxylic acids is 1. The number of nitrogens with one attached hydrogen (secondary N) is 1. The summed E-state index contributed by atoms with van der Waals surface area (Å²) >= 11 is 0. The maximum Gasteiger partial charge on any atom is 0.326 e. The molecule has 2 atom stereocenters. The van der Waals surface area contributed by atoms with Crippen LogP contribution in [0.3, 0.4) is 0 Å². The summed E-state index contributed by atoms with van der Waals surface area (Å²) in [6.07, 6.45) is 3.50. The van der Waals surface area contributed by atoms with Crippen molar-refractivity contribution in [1.29, 1.82) is 0 Å². The molecule has 1 aliphatic heterocycles. The van der Waals surface area contributed by atoms with E-state index in [-0.39, 0.29) is 18.2 Å². The SMILES string of the molecule is Cc1ccncc1C1CC(=O)NC1C(=O)O. The van der Waals surface area contributed by atoms with Crippen LogP contribution in [-0.2, 0) is 9.59 Å². The zero-order valence-electron chi connectivity index (χ0n) is 8.80. The van der Waals surface area contributed by atoms with Crippen LogP contribution in [0.5, 0.6) is 0 Å². The fraction of sp³-hybridized carbons (Fsp3) is 0.364. The van der Waals surface area contributed by atoms with Crippen LogP contribution < -0.4 is 5.32 Å². The highest BCUT2D eigenvalue weighted by Gasteiger charge is 2.38. The number of aromatic nitrogens is 1. The molecule has 0 radical (unpaired) electrons. The van der Waals surface area contributed by atoms with Crippen molar-refractivity contribution in [3.8, 4) is 0 Å². The number of carboxylic acid groups (broad SMARTS) is 1. The van der Waals surface area contributed by atoms with Crippen LogP contribution in [0.4, 0.5) is 0 Å². The van der Waals surface area contributed by atoms with Crippen LogP contribution in [0.25, 0.3) is 0 Å². The maximum atomic E-state index is 11.3. The van der Waals surface area contributed by atoms with Crippen molar-refractivity contribution in [2.45, 2.75) is 25.3 Å². The highest BCUT2D eigenvalue weighted by Crippen LogP contribution is 2.30. The van der Waals surface area contributed by atoms with Crippen LogP contribution in [0.1, 0.15) is 23.5 Å². The van der Waals surface area contributed by atoms with Crippen LogP contribution in [-0.4, -0.2) is 28.0 Å². The molecule has 2 unspecified atom stereocenters. The van der Waals surface area contributed by atoms with Gasteiger partial charge >= 0.3 is 5.97 Å². The number of carbonyl (C=O) groups is 2. The molecule has 2 heterocycles. The molecular formula is C11H12N2O3. The van der Waals surface area contributed by atoms with Gasteiger partial charge in [0.1, 0.15) is 6.04 Å². The molecule has 1 saturated heterocycles. The van der Waals surface area contributed by atoms with Crippen LogP contribution in [0.15, 0.2) is 18.5 Å². The molecule has 1 amide bonds. The lowest BCUT2D eigenvalue weighted by molar-refractivity contribution is -0.140. The minimum Gasteiger partial charge on any atom is -0.480 e. The number of hydrogen-bond acceptors (Lipinski definition) is 3. The first-order valence-corrected chi connectivity index (χ1v) is 5.02. The third-order valence-electron chi connectivity index (χ3n) is 2.87. The summed E-state index contributed by atoms with van der Waals surface area (Å²) in [6, 6.07) is 0.979. The van der Waals surface area contributed by atoms with Crippen LogP contribution in [0.2, 0.25) is 0 Å². The Bertz CT molecular complexity index is 445. The highest BCUT2D eigenvalue weighted by molar-refractivity contribution is 5.89. The van der Waals surface area contributed by atoms with E-state index in [0.717, 1.165) is 11.1 Å². The van der Waals surface area contributed by atoms with Gasteiger partial charge in [-0.3, -0.25) is 9.78 Å². The summed E-state index contributed by atoms with van der Waals surface area (Å²) in [5.41, 5.74) is 1.79. The van der Waals surface area contributed by atoms with E-state index in [1.54, 1.807) is 12.4 Å². The van der Waals surface area contributed by atoms with Gasteiger partial charge in [-0.05, 0) is 24.1 Å². The first-order chi connectivity index (χ1) is 7.59. The minimum atomic E-state index is -1.00. The Morgan fingerprint density at radius 1 is 1.62 bits per heavy atom. The third kappa shape index (κ3) is 1.76. The fourth-order valence-corrected chi connectivity index (χ4v) is 2.04. The van der Waals surface area contributed by atoms with Crippen LogP contribution in [0, 0.1) is 6.92 Å². The van der Waals surface area contributed by atoms with E-state index >= 15 is 0 Å². The molecule has 2 N–H and O–H groups in total. The van der Waals surface area contributed by atoms with Gasteiger partial charge in [-0.25, -0.2) is 4.79 Å². The van der Waals surface area contributed by atoms with E-state index in [0.29, 0.717) is 0 Å². The van der Waals surface area contributed by atoms with Gasteiger partial charge in [0, 0.05) is 24.7 Å². The molecule has 2 rings (SSSR count). The first kappa shape index (κ1) is 10.6. The molecule has 5 nitrogen and oxygen atoms in total. The first-order valence-electron chi connectivity index (χ1n) is 5.02. The van der Waals surface area contributed by atoms with Gasteiger partial charge in [-0.2, -0.15) is 0 Å². The zero-order valence-corrected chi connectivity index (χ0v) is 8.80. The summed E-state index contributed by atoms with van der Waals surface area (Å²) in [7, 11) is 0. The smallest absolute Gasteiger partial charge is 0.326 e. The Morgan fingerprint density at radius 3 is 3.00 bits per heavy atom. The number of hydrogen-bond donors (Lipinski definition) is 2. The Kier molecular flexibility index (Phi) is 2.60. The number of carboxylic acids is 1. The number of aryl methyl sites for hydroxylation is 1. The van der Waals surface area contributed by atoms with E-state index < -0.39 is 12.0 Å². The zero-order chi connectivity index (χ0) is 11.7. The molecule has 0 aromatic carbocycles. The maximum absolute atomic E-state index is 11.3. The van der Waals surface area contributed by atoms with Gasteiger partial charge in [0.15, 0.2) is 0 Å². The van der Waals surface area contributed by atoms with E-state index in [9.17, 15) is 9.59 Å². The lowest BCUT2D eigenvalue weighted by atomic mass is 9.90. The number of nitrogens with zero attached hydrogens (tertiary/aromatic N) is 1. The summed E-state index contributed by atoms with van der Waals surface area (Å²) in [4.78, 5) is 26.2. The Labute approximate surface area is 92.5 Å². The highest BCUT2D eigenvalue weighted by atomic mass is 16.4. The number of rotatable bonds is 2. The van der Waals surface area contributed by atoms with E-state index in [4.69, 9.17) is 5.11 Å². The van der Waals surface area contributed by atoms with Gasteiger partial charge in [-0.1, -0.05) is 0 Å². The second-order valence-electron chi connectivity index (χ2n) is 3.93. The largest absolute Gasteiger partial charge is 0.480 e. The molecule has 84 valence electrons. The lowest BCUT2D eigenvalue weighted by Crippen LogP contribution is -2.36. The molecule has 1 aromatic heterocycles. The monoisotopic (exact) mass is 220 g/mol. The number of aliphatic carboxylic acids is 1. The van der Waals surface area contributed by atoms with Crippen molar-refractivity contribution >= 4 is 11.9 Å². The quantitative estimate of drug-likeness (QED) is 0.758. The second-order valence-corrected chi connectivity index (χ2v) is 3.93. The second kappa shape index (κ2) is 3.92. The molecule has 5 heteroatoms. The van der Waals surface area contributed by atoms with Crippen molar-refractivity contribution in [1.82, 2.24) is 10.3 Å². The van der Waals surface area contributed by atoms with Gasteiger partial charge in [0.25, 0.3) is 0 Å². The molecule has 16 heavy (non-hydrogen) atoms. The minimum absolute atomic E-state index is 0.212. The molecule has 1 aromatic rings. The summed E-state index contributed by atoms with van der Waals surface area (Å²) in [5, 5.41) is 11.5. The number of pyridine rings is 1. The van der Waals surface area contributed by atoms with Gasteiger partial charge < -0.3 is 10.4 Å². The predicted molar refractivity (Wildman–Crippen MR) is 55.9 cm³/mol. The Hall–Kier alpha value is -1.91. The van der Waals surface area contributed by atoms with Gasteiger partial charge in [0.2, 0.25) is 5.91 Å². The number of amides is 1. The molecule has 0 spiro atoms. The summed E-state index contributed by atoms with van der Waals surface area (Å²) < 4.78 is 0. The molecule has 0 aliphatic carbocycles. The average molecular weight is 220 g/mol. The van der Waals surface area contributed by atoms with Crippen molar-refractivity contribution < 1.29 is 14.7 Å². The molecule has 1 fully saturated rings. The summed E-state index contributed by atoms with van der Waals surface area (Å²) in [5.74, 6) is -1.54. The van der Waals surface area contributed by atoms with E-state index in [2.05, 4.69) is 10.3 Å². The molecule has 0 bridgehead atoms. The fourth-order valence-electron chi connectivity index (χ4n) is 2.04. The topological polar surface area (TPSA) is 79.3 Å². The van der Waals surface area contributed by atoms with Crippen molar-refractivity contribution in [2.24, 2.45) is 0 Å². The van der Waals surface area contributed by atoms with Gasteiger partial charge in [-0.15, -0.1) is 0 Å². The third-order valence-corrected chi connectivity index (χ3v) is 2.87. The van der Waals surface area contributed by atoms with E-state index in [1.807, 2.05) is 13.0 Å².